The fourth-order valence-corrected chi connectivity index (χ4v) is 4.33. The van der Waals surface area contributed by atoms with E-state index in [-0.39, 0.29) is 28.2 Å². The Labute approximate surface area is 160 Å². The molecule has 2 aromatic heterocycles. The first-order valence-electron chi connectivity index (χ1n) is 8.65. The lowest BCUT2D eigenvalue weighted by atomic mass is 10.0. The summed E-state index contributed by atoms with van der Waals surface area (Å²) in [7, 11) is -3.98. The lowest BCUT2D eigenvalue weighted by Crippen LogP contribution is -2.53. The Morgan fingerprint density at radius 2 is 2.00 bits per heavy atom. The molecule has 8 nitrogen and oxygen atoms in total. The maximum Gasteiger partial charge on any atom is 0.284 e. The molecule has 3 aromatic rings. The molecule has 1 unspecified atom stereocenters. The molecule has 11 heteroatoms. The first kappa shape index (κ1) is 18.7. The van der Waals surface area contributed by atoms with Crippen LogP contribution in [0.15, 0.2) is 41.7 Å². The van der Waals surface area contributed by atoms with Gasteiger partial charge in [0.15, 0.2) is 5.65 Å². The topological polar surface area (TPSA) is 102 Å². The van der Waals surface area contributed by atoms with Gasteiger partial charge in [0, 0.05) is 0 Å². The number of fused-ring (bicyclic) bond motifs is 1. The molecule has 1 aliphatic rings. The Balaban J connectivity index is 1.74. The van der Waals surface area contributed by atoms with Gasteiger partial charge in [-0.25, -0.2) is 18.7 Å². The summed E-state index contributed by atoms with van der Waals surface area (Å²) in [6.45, 7) is 1.87. The number of alkyl halides is 2. The van der Waals surface area contributed by atoms with Crippen LogP contribution in [0.5, 0.6) is 0 Å². The van der Waals surface area contributed by atoms with Crippen molar-refractivity contribution < 1.29 is 17.2 Å². The molecule has 148 valence electrons. The number of piperidine rings is 1. The van der Waals surface area contributed by atoms with Crippen molar-refractivity contribution in [2.24, 2.45) is 0 Å². The zero-order valence-electron chi connectivity index (χ0n) is 14.9. The van der Waals surface area contributed by atoms with Crippen molar-refractivity contribution in [3.63, 3.8) is 0 Å². The van der Waals surface area contributed by atoms with Crippen LogP contribution in [0.2, 0.25) is 0 Å². The summed E-state index contributed by atoms with van der Waals surface area (Å²) in [4.78, 5) is 8.09. The average molecular weight is 408 g/mol. The minimum Gasteiger partial charge on any atom is -0.360 e. The summed E-state index contributed by atoms with van der Waals surface area (Å²) in [6.07, 6.45) is 2.60. The molecular formula is C17H18F2N6O2S. The molecule has 0 aliphatic carbocycles. The number of benzene rings is 1. The SMILES string of the molecule is Cc1ccc(S(=O)(=O)n2ncc3c(NC4CCNCC4(F)F)ncnc32)cc1. The quantitative estimate of drug-likeness (QED) is 0.678. The third-order valence-electron chi connectivity index (χ3n) is 4.67. The van der Waals surface area contributed by atoms with Crippen molar-refractivity contribution in [1.82, 2.24) is 24.5 Å². The van der Waals surface area contributed by atoms with Crippen molar-refractivity contribution in [3.8, 4) is 0 Å². The van der Waals surface area contributed by atoms with Gasteiger partial charge in [-0.3, -0.25) is 0 Å². The zero-order valence-corrected chi connectivity index (χ0v) is 15.7. The van der Waals surface area contributed by atoms with Crippen LogP contribution in [0.1, 0.15) is 12.0 Å². The summed E-state index contributed by atoms with van der Waals surface area (Å²) in [6, 6.07) is 5.20. The van der Waals surface area contributed by atoms with Gasteiger partial charge in [-0.05, 0) is 32.0 Å². The number of anilines is 1. The Morgan fingerprint density at radius 1 is 1.25 bits per heavy atom. The van der Waals surface area contributed by atoms with Crippen molar-refractivity contribution in [1.29, 1.82) is 0 Å². The number of aryl methyl sites for hydroxylation is 1. The minimum atomic E-state index is -3.98. The smallest absolute Gasteiger partial charge is 0.284 e. The number of hydrogen-bond acceptors (Lipinski definition) is 7. The molecule has 0 amide bonds. The van der Waals surface area contributed by atoms with Gasteiger partial charge in [-0.1, -0.05) is 17.7 Å². The van der Waals surface area contributed by atoms with Crippen molar-refractivity contribution in [2.45, 2.75) is 30.2 Å². The highest BCUT2D eigenvalue weighted by Crippen LogP contribution is 2.29. The van der Waals surface area contributed by atoms with E-state index >= 15 is 0 Å². The van der Waals surface area contributed by atoms with E-state index in [1.165, 1.54) is 18.3 Å². The van der Waals surface area contributed by atoms with Crippen LogP contribution >= 0.6 is 0 Å². The third kappa shape index (κ3) is 3.20. The Morgan fingerprint density at radius 3 is 2.71 bits per heavy atom. The third-order valence-corrected chi connectivity index (χ3v) is 6.26. The van der Waals surface area contributed by atoms with E-state index in [2.05, 4.69) is 25.7 Å². The highest BCUT2D eigenvalue weighted by molar-refractivity contribution is 7.90. The van der Waals surface area contributed by atoms with Gasteiger partial charge in [-0.15, -0.1) is 4.09 Å². The van der Waals surface area contributed by atoms with Crippen LogP contribution in [-0.2, 0) is 10.0 Å². The molecule has 1 aromatic carbocycles. The molecule has 1 aliphatic heterocycles. The Hall–Kier alpha value is -2.66. The van der Waals surface area contributed by atoms with Crippen LogP contribution < -0.4 is 10.6 Å². The van der Waals surface area contributed by atoms with Gasteiger partial charge in [0.2, 0.25) is 0 Å². The highest BCUT2D eigenvalue weighted by atomic mass is 32.2. The maximum absolute atomic E-state index is 14.1. The molecular weight excluding hydrogens is 390 g/mol. The minimum absolute atomic E-state index is 0.0234. The molecule has 4 rings (SSSR count). The fourth-order valence-electron chi connectivity index (χ4n) is 3.10. The normalized spacial score (nSPS) is 19.6. The molecule has 3 heterocycles. The van der Waals surface area contributed by atoms with Crippen LogP contribution in [0, 0.1) is 6.92 Å². The van der Waals surface area contributed by atoms with Gasteiger partial charge in [0.25, 0.3) is 15.9 Å². The number of aromatic nitrogens is 4. The first-order valence-corrected chi connectivity index (χ1v) is 10.1. The fraction of sp³-hybridized carbons (Fsp3) is 0.353. The van der Waals surface area contributed by atoms with Gasteiger partial charge < -0.3 is 10.6 Å². The first-order chi connectivity index (χ1) is 13.3. The number of halogens is 2. The van der Waals surface area contributed by atoms with E-state index in [4.69, 9.17) is 0 Å². The summed E-state index contributed by atoms with van der Waals surface area (Å²) in [5.41, 5.74) is 0.941. The largest absolute Gasteiger partial charge is 0.360 e. The van der Waals surface area contributed by atoms with E-state index in [1.54, 1.807) is 12.1 Å². The Kier molecular flexibility index (Phi) is 4.50. The van der Waals surface area contributed by atoms with E-state index in [0.717, 1.165) is 16.0 Å². The second-order valence-corrected chi connectivity index (χ2v) is 8.46. The lowest BCUT2D eigenvalue weighted by molar-refractivity contribution is -0.0322. The van der Waals surface area contributed by atoms with Gasteiger partial charge >= 0.3 is 0 Å². The molecule has 0 bridgehead atoms. The van der Waals surface area contributed by atoms with E-state index in [0.29, 0.717) is 6.54 Å². The van der Waals surface area contributed by atoms with Gasteiger partial charge in [0.1, 0.15) is 12.1 Å². The molecule has 28 heavy (non-hydrogen) atoms. The second-order valence-electron chi connectivity index (χ2n) is 6.69. The van der Waals surface area contributed by atoms with Crippen LogP contribution in [0.3, 0.4) is 0 Å². The van der Waals surface area contributed by atoms with E-state index in [1.807, 2.05) is 6.92 Å². The predicted molar refractivity (Wildman–Crippen MR) is 98.9 cm³/mol. The van der Waals surface area contributed by atoms with Crippen LogP contribution in [-0.4, -0.2) is 52.6 Å². The van der Waals surface area contributed by atoms with Crippen molar-refractivity contribution >= 4 is 26.9 Å². The number of nitrogens with zero attached hydrogens (tertiary/aromatic N) is 4. The summed E-state index contributed by atoms with van der Waals surface area (Å²) >= 11 is 0. The average Bonchev–Trinajstić information content (AvgIpc) is 3.10. The molecule has 0 radical (unpaired) electrons. The summed E-state index contributed by atoms with van der Waals surface area (Å²) in [5, 5.41) is 9.59. The molecule has 2 N–H and O–H groups in total. The van der Waals surface area contributed by atoms with Gasteiger partial charge in [-0.2, -0.15) is 13.5 Å². The van der Waals surface area contributed by atoms with E-state index in [9.17, 15) is 17.2 Å². The monoisotopic (exact) mass is 408 g/mol. The standard InChI is InChI=1S/C17H18F2N6O2S/c1-11-2-4-12(5-3-11)28(26,27)25-16-13(8-23-25)15(21-10-22-16)24-14-6-7-20-9-17(14,18)19/h2-5,8,10,14,20H,6-7,9H2,1H3,(H,21,22,24). The number of nitrogens with one attached hydrogen (secondary N) is 2. The van der Waals surface area contributed by atoms with Gasteiger partial charge in [0.05, 0.1) is 29.1 Å². The maximum atomic E-state index is 14.1. The summed E-state index contributed by atoms with van der Waals surface area (Å²) in [5.74, 6) is -2.83. The number of rotatable bonds is 4. The lowest BCUT2D eigenvalue weighted by Gasteiger charge is -2.32. The van der Waals surface area contributed by atoms with E-state index < -0.39 is 28.5 Å². The van der Waals surface area contributed by atoms with Crippen molar-refractivity contribution in [2.75, 3.05) is 18.4 Å². The molecule has 0 saturated carbocycles. The predicted octanol–water partition coefficient (Wildman–Crippen LogP) is 1.78. The van der Waals surface area contributed by atoms with Crippen LogP contribution in [0.25, 0.3) is 11.0 Å². The Bertz CT molecular complexity index is 1110. The summed E-state index contributed by atoms with van der Waals surface area (Å²) < 4.78 is 54.9. The highest BCUT2D eigenvalue weighted by Gasteiger charge is 2.42. The van der Waals surface area contributed by atoms with Crippen molar-refractivity contribution in [3.05, 3.63) is 42.4 Å². The molecule has 1 atom stereocenters. The number of hydrogen-bond donors (Lipinski definition) is 2. The molecule has 0 spiro atoms. The molecule has 1 saturated heterocycles. The molecule has 1 fully saturated rings. The second kappa shape index (κ2) is 6.74. The van der Waals surface area contributed by atoms with Crippen LogP contribution in [0.4, 0.5) is 14.6 Å². The zero-order chi connectivity index (χ0) is 19.9.